The zero-order valence-corrected chi connectivity index (χ0v) is 13.1. The van der Waals surface area contributed by atoms with Crippen molar-refractivity contribution in [2.45, 2.75) is 31.7 Å². The fourth-order valence-corrected chi connectivity index (χ4v) is 2.59. The zero-order valence-electron chi connectivity index (χ0n) is 13.1. The first-order valence-electron chi connectivity index (χ1n) is 7.64. The number of nitrogens with one attached hydrogen (secondary N) is 1. The van der Waals surface area contributed by atoms with Crippen LogP contribution in [0.5, 0.6) is 0 Å². The van der Waals surface area contributed by atoms with Crippen LogP contribution in [0.15, 0.2) is 24.3 Å². The van der Waals surface area contributed by atoms with Gasteiger partial charge in [0.1, 0.15) is 5.69 Å². The molecule has 0 aliphatic heterocycles. The van der Waals surface area contributed by atoms with E-state index in [4.69, 9.17) is 4.74 Å². The average Bonchev–Trinajstić information content (AvgIpc) is 3.40. The SMILES string of the molecule is COC(=O)C(C#N)c1nc2ccccc2nc1NC(C)C1CC1. The molecule has 1 aliphatic rings. The van der Waals surface area contributed by atoms with Crippen LogP contribution in [0.3, 0.4) is 0 Å². The lowest BCUT2D eigenvalue weighted by molar-refractivity contribution is -0.141. The number of aromatic nitrogens is 2. The van der Waals surface area contributed by atoms with Crippen LogP contribution < -0.4 is 5.32 Å². The van der Waals surface area contributed by atoms with Gasteiger partial charge < -0.3 is 10.1 Å². The van der Waals surface area contributed by atoms with Crippen LogP contribution in [-0.2, 0) is 9.53 Å². The topological polar surface area (TPSA) is 87.9 Å². The minimum absolute atomic E-state index is 0.223. The molecule has 1 fully saturated rings. The number of fused-ring (bicyclic) bond motifs is 1. The second-order valence-electron chi connectivity index (χ2n) is 5.80. The van der Waals surface area contributed by atoms with Crippen molar-refractivity contribution >= 4 is 22.8 Å². The van der Waals surface area contributed by atoms with Crippen LogP contribution >= 0.6 is 0 Å². The zero-order chi connectivity index (χ0) is 16.4. The van der Waals surface area contributed by atoms with Gasteiger partial charge in [-0.15, -0.1) is 0 Å². The fourth-order valence-electron chi connectivity index (χ4n) is 2.59. The Hall–Kier alpha value is -2.68. The van der Waals surface area contributed by atoms with Crippen LogP contribution in [-0.4, -0.2) is 29.1 Å². The first-order chi connectivity index (χ1) is 11.1. The summed E-state index contributed by atoms with van der Waals surface area (Å²) in [5.74, 6) is -0.625. The standard InChI is InChI=1S/C17H18N4O2/c1-10(11-7-8-11)19-16-15(12(9-18)17(22)23-2)20-13-5-3-4-6-14(13)21-16/h3-6,10-12H,7-8H2,1-2H3,(H,19,21). The average molecular weight is 310 g/mol. The van der Waals surface area contributed by atoms with Crippen molar-refractivity contribution in [1.82, 2.24) is 9.97 Å². The van der Waals surface area contributed by atoms with E-state index in [1.54, 1.807) is 0 Å². The van der Waals surface area contributed by atoms with Crippen LogP contribution in [0.25, 0.3) is 11.0 Å². The van der Waals surface area contributed by atoms with Crippen molar-refractivity contribution in [2.75, 3.05) is 12.4 Å². The number of benzene rings is 1. The van der Waals surface area contributed by atoms with E-state index in [9.17, 15) is 10.1 Å². The molecule has 118 valence electrons. The van der Waals surface area contributed by atoms with E-state index in [-0.39, 0.29) is 6.04 Å². The van der Waals surface area contributed by atoms with E-state index in [1.807, 2.05) is 30.3 Å². The highest BCUT2D eigenvalue weighted by Crippen LogP contribution is 2.35. The second-order valence-corrected chi connectivity index (χ2v) is 5.80. The third-order valence-corrected chi connectivity index (χ3v) is 4.13. The lowest BCUT2D eigenvalue weighted by atomic mass is 10.1. The number of esters is 1. The summed E-state index contributed by atoms with van der Waals surface area (Å²) in [6.45, 7) is 2.08. The maximum atomic E-state index is 11.9. The summed E-state index contributed by atoms with van der Waals surface area (Å²) in [5, 5.41) is 12.7. The fraction of sp³-hybridized carbons (Fsp3) is 0.412. The van der Waals surface area contributed by atoms with Crippen molar-refractivity contribution in [1.29, 1.82) is 5.26 Å². The molecule has 1 heterocycles. The highest BCUT2D eigenvalue weighted by Gasteiger charge is 2.31. The number of anilines is 1. The molecule has 0 bridgehead atoms. The van der Waals surface area contributed by atoms with Gasteiger partial charge in [0.25, 0.3) is 0 Å². The molecule has 0 spiro atoms. The summed E-state index contributed by atoms with van der Waals surface area (Å²) >= 11 is 0. The van der Waals surface area contributed by atoms with Gasteiger partial charge >= 0.3 is 5.97 Å². The van der Waals surface area contributed by atoms with Crippen LogP contribution in [0, 0.1) is 17.2 Å². The first kappa shape index (κ1) is 15.2. The number of carbonyl (C=O) groups excluding carboxylic acids is 1. The molecule has 1 aromatic heterocycles. The van der Waals surface area contributed by atoms with E-state index in [2.05, 4.69) is 22.2 Å². The van der Waals surface area contributed by atoms with Gasteiger partial charge in [0, 0.05) is 6.04 Å². The predicted octanol–water partition coefficient (Wildman–Crippen LogP) is 2.62. The summed E-state index contributed by atoms with van der Waals surface area (Å²) in [6, 6.07) is 9.60. The molecule has 23 heavy (non-hydrogen) atoms. The Kier molecular flexibility index (Phi) is 4.11. The third kappa shape index (κ3) is 3.09. The molecule has 6 nitrogen and oxygen atoms in total. The van der Waals surface area contributed by atoms with Gasteiger partial charge in [-0.1, -0.05) is 12.1 Å². The molecular weight excluding hydrogens is 292 g/mol. The molecule has 3 rings (SSSR count). The molecule has 0 radical (unpaired) electrons. The Bertz CT molecular complexity index is 780. The summed E-state index contributed by atoms with van der Waals surface area (Å²) in [6.07, 6.45) is 2.37. The number of rotatable bonds is 5. The first-order valence-corrected chi connectivity index (χ1v) is 7.64. The maximum absolute atomic E-state index is 11.9. The van der Waals surface area contributed by atoms with Gasteiger partial charge in [-0.05, 0) is 37.8 Å². The number of methoxy groups -OCH3 is 1. The largest absolute Gasteiger partial charge is 0.468 e. The van der Waals surface area contributed by atoms with Crippen LogP contribution in [0.4, 0.5) is 5.82 Å². The van der Waals surface area contributed by atoms with Gasteiger partial charge in [-0.2, -0.15) is 5.26 Å². The Balaban J connectivity index is 2.07. The van der Waals surface area contributed by atoms with Crippen LogP contribution in [0.1, 0.15) is 31.4 Å². The normalized spacial score (nSPS) is 16.4. The number of ether oxygens (including phenoxy) is 1. The van der Waals surface area contributed by atoms with Gasteiger partial charge in [0.15, 0.2) is 11.7 Å². The summed E-state index contributed by atoms with van der Waals surface area (Å²) in [4.78, 5) is 21.0. The van der Waals surface area contributed by atoms with E-state index < -0.39 is 11.9 Å². The van der Waals surface area contributed by atoms with Crippen LogP contribution in [0.2, 0.25) is 0 Å². The number of carbonyl (C=O) groups is 1. The van der Waals surface area contributed by atoms with E-state index >= 15 is 0 Å². The van der Waals surface area contributed by atoms with E-state index in [1.165, 1.54) is 20.0 Å². The molecule has 1 aliphatic carbocycles. The molecule has 2 aromatic rings. The highest BCUT2D eigenvalue weighted by atomic mass is 16.5. The van der Waals surface area contributed by atoms with Crippen molar-refractivity contribution in [2.24, 2.45) is 5.92 Å². The lowest BCUT2D eigenvalue weighted by Gasteiger charge is -2.18. The molecule has 2 atom stereocenters. The molecule has 1 aromatic carbocycles. The van der Waals surface area contributed by atoms with E-state index in [0.29, 0.717) is 22.9 Å². The third-order valence-electron chi connectivity index (χ3n) is 4.13. The Morgan fingerprint density at radius 3 is 2.57 bits per heavy atom. The monoisotopic (exact) mass is 310 g/mol. The minimum Gasteiger partial charge on any atom is -0.468 e. The Morgan fingerprint density at radius 1 is 1.35 bits per heavy atom. The number of nitrogens with zero attached hydrogens (tertiary/aromatic N) is 3. The smallest absolute Gasteiger partial charge is 0.329 e. The number of para-hydroxylation sites is 2. The van der Waals surface area contributed by atoms with Gasteiger partial charge in [0.05, 0.1) is 24.2 Å². The van der Waals surface area contributed by atoms with Gasteiger partial charge in [0.2, 0.25) is 0 Å². The highest BCUT2D eigenvalue weighted by molar-refractivity contribution is 5.84. The van der Waals surface area contributed by atoms with Gasteiger partial charge in [-0.3, -0.25) is 4.79 Å². The van der Waals surface area contributed by atoms with E-state index in [0.717, 1.165) is 5.52 Å². The molecule has 1 saturated carbocycles. The number of hydrogen-bond acceptors (Lipinski definition) is 6. The van der Waals surface area contributed by atoms with Crippen molar-refractivity contribution in [3.8, 4) is 6.07 Å². The molecule has 1 N–H and O–H groups in total. The molecule has 2 unspecified atom stereocenters. The quantitative estimate of drug-likeness (QED) is 0.854. The van der Waals surface area contributed by atoms with Crippen molar-refractivity contribution in [3.05, 3.63) is 30.0 Å². The molecular formula is C17H18N4O2. The summed E-state index contributed by atoms with van der Waals surface area (Å²) < 4.78 is 4.73. The molecule has 0 saturated heterocycles. The van der Waals surface area contributed by atoms with Crippen molar-refractivity contribution < 1.29 is 9.53 Å². The Morgan fingerprint density at radius 2 is 2.00 bits per heavy atom. The minimum atomic E-state index is -1.09. The van der Waals surface area contributed by atoms with Gasteiger partial charge in [-0.25, -0.2) is 9.97 Å². The predicted molar refractivity (Wildman–Crippen MR) is 85.7 cm³/mol. The Labute approximate surface area is 134 Å². The van der Waals surface area contributed by atoms with Crippen molar-refractivity contribution in [3.63, 3.8) is 0 Å². The number of nitriles is 1. The molecule has 6 heteroatoms. The number of hydrogen-bond donors (Lipinski definition) is 1. The summed E-state index contributed by atoms with van der Waals surface area (Å²) in [7, 11) is 1.26. The second kappa shape index (κ2) is 6.21. The lowest BCUT2D eigenvalue weighted by Crippen LogP contribution is -2.23. The maximum Gasteiger partial charge on any atom is 0.329 e. The molecule has 0 amide bonds. The summed E-state index contributed by atoms with van der Waals surface area (Å²) in [5.41, 5.74) is 1.70.